The van der Waals surface area contributed by atoms with E-state index in [0.29, 0.717) is 11.0 Å². The van der Waals surface area contributed by atoms with Gasteiger partial charge in [-0.2, -0.15) is 0 Å². The van der Waals surface area contributed by atoms with E-state index in [4.69, 9.17) is 26.0 Å². The van der Waals surface area contributed by atoms with Gasteiger partial charge >= 0.3 is 0 Å². The van der Waals surface area contributed by atoms with Gasteiger partial charge in [0.2, 0.25) is 0 Å². The summed E-state index contributed by atoms with van der Waals surface area (Å²) >= 11 is 6.18. The van der Waals surface area contributed by atoms with E-state index in [1.54, 1.807) is 6.20 Å². The molecule has 0 N–H and O–H groups in total. The summed E-state index contributed by atoms with van der Waals surface area (Å²) in [6.07, 6.45) is 8.01. The normalized spacial score (nSPS) is 8.08. The Labute approximate surface area is 167 Å². The van der Waals surface area contributed by atoms with Gasteiger partial charge in [0.15, 0.2) is 5.82 Å². The Kier molecular flexibility index (Phi) is 22.7. The molecule has 0 aliphatic rings. The van der Waals surface area contributed by atoms with E-state index in [-0.39, 0.29) is 20.4 Å². The Morgan fingerprint density at radius 1 is 1.00 bits per heavy atom. The van der Waals surface area contributed by atoms with Crippen LogP contribution in [0.3, 0.4) is 0 Å². The number of aryl methyl sites for hydroxylation is 1. The van der Waals surface area contributed by atoms with Gasteiger partial charge in [-0.25, -0.2) is 9.97 Å². The summed E-state index contributed by atoms with van der Waals surface area (Å²) in [5.41, 5.74) is 1.77. The summed E-state index contributed by atoms with van der Waals surface area (Å²) in [5, 5.41) is 0.543. The van der Waals surface area contributed by atoms with Crippen molar-refractivity contribution >= 4 is 32.0 Å². The molecule has 2 heterocycles. The molecule has 0 atom stereocenters. The van der Waals surface area contributed by atoms with Crippen LogP contribution in [0.2, 0.25) is 5.15 Å². The van der Waals surface area contributed by atoms with Crippen molar-refractivity contribution in [3.63, 3.8) is 0 Å². The zero-order valence-electron chi connectivity index (χ0n) is 13.5. The molecule has 0 amide bonds. The van der Waals surface area contributed by atoms with E-state index in [9.17, 15) is 0 Å². The molecule has 0 aliphatic heterocycles. The van der Waals surface area contributed by atoms with Gasteiger partial charge in [-0.15, -0.1) is 0 Å². The van der Waals surface area contributed by atoms with Gasteiger partial charge in [0.1, 0.15) is 10.8 Å². The van der Waals surface area contributed by atoms with Crippen LogP contribution in [0, 0.1) is 0 Å². The minimum atomic E-state index is 0. The molecule has 0 fully saturated rings. The Morgan fingerprint density at radius 3 is 2.12 bits per heavy atom. The van der Waals surface area contributed by atoms with Gasteiger partial charge in [0.05, 0.1) is 0 Å². The number of aromatic nitrogens is 3. The molecule has 2 aromatic heterocycles. The first-order chi connectivity index (χ1) is 11.8. The van der Waals surface area contributed by atoms with Crippen LogP contribution >= 0.6 is 11.6 Å². The molecule has 0 aromatic carbocycles. The minimum Gasteiger partial charge on any atom is -0.281 e. The molecule has 0 unspecified atom stereocenters. The molecule has 0 aliphatic carbocycles. The standard InChI is InChI=1S/C14H16ClN3.3CO.Re/c1-2-3-4-7-11-10-17-14(18-13(11)15)12-8-5-6-9-16-12;3*1-2;/h5-6,8-10H,2-4,7H2,1H3;;;;. The van der Waals surface area contributed by atoms with Crippen LogP contribution in [0.1, 0.15) is 31.7 Å². The molecule has 7 radical (unpaired) electrons. The second-order valence-corrected chi connectivity index (χ2v) is 4.54. The third-order valence-corrected chi connectivity index (χ3v) is 3.08. The zero-order valence-corrected chi connectivity index (χ0v) is 17.0. The first-order valence-electron chi connectivity index (χ1n) is 6.85. The first-order valence-corrected chi connectivity index (χ1v) is 7.23. The molecular formula is C17H16ClN3O3Re. The maximum Gasteiger partial charge on any atom is 0.281 e. The van der Waals surface area contributed by atoms with Crippen LogP contribution in [0.15, 0.2) is 30.6 Å². The van der Waals surface area contributed by atoms with Crippen molar-refractivity contribution in [2.45, 2.75) is 32.6 Å². The molecule has 131 valence electrons. The molecule has 2 aromatic rings. The fourth-order valence-corrected chi connectivity index (χ4v) is 1.96. The van der Waals surface area contributed by atoms with Crippen molar-refractivity contribution in [3.05, 3.63) is 41.3 Å². The van der Waals surface area contributed by atoms with E-state index < -0.39 is 0 Å². The van der Waals surface area contributed by atoms with Gasteiger partial charge in [0.25, 0.3) is 20.4 Å². The number of hydrogen-bond donors (Lipinski definition) is 0. The molecular weight excluding hydrogens is 516 g/mol. The molecule has 0 spiro atoms. The van der Waals surface area contributed by atoms with Crippen molar-refractivity contribution < 1.29 is 34.8 Å². The topological polar surface area (TPSA) is 89.9 Å². The predicted molar refractivity (Wildman–Crippen MR) is 90.6 cm³/mol. The van der Waals surface area contributed by atoms with Crippen molar-refractivity contribution in [3.8, 4) is 11.5 Å². The number of halogens is 1. The number of carbonyl (C=O) groups excluding carboxylic acids is 3. The third-order valence-electron chi connectivity index (χ3n) is 2.76. The zero-order chi connectivity index (χ0) is 18.8. The number of hydrogen-bond acceptors (Lipinski definition) is 6. The maximum atomic E-state index is 7.50. The summed E-state index contributed by atoms with van der Waals surface area (Å²) < 4.78 is 0. The average Bonchev–Trinajstić information content (AvgIpc) is 2.69. The average molecular weight is 532 g/mol. The van der Waals surface area contributed by atoms with E-state index in [1.165, 1.54) is 12.8 Å². The van der Waals surface area contributed by atoms with Gasteiger partial charge in [-0.3, -0.25) is 19.4 Å². The summed E-state index contributed by atoms with van der Waals surface area (Å²) in [4.78, 5) is 35.4. The van der Waals surface area contributed by atoms with Crippen LogP contribution in [-0.2, 0) is 41.2 Å². The second-order valence-electron chi connectivity index (χ2n) is 4.18. The van der Waals surface area contributed by atoms with Gasteiger partial charge in [0, 0.05) is 38.4 Å². The van der Waals surface area contributed by atoms with Crippen molar-refractivity contribution in [2.24, 2.45) is 0 Å². The van der Waals surface area contributed by atoms with Crippen molar-refractivity contribution in [1.82, 2.24) is 15.0 Å². The van der Waals surface area contributed by atoms with Crippen LogP contribution in [-0.4, -0.2) is 35.3 Å². The molecule has 0 saturated heterocycles. The molecule has 8 heteroatoms. The predicted octanol–water partition coefficient (Wildman–Crippen LogP) is 2.73. The van der Waals surface area contributed by atoms with E-state index in [2.05, 4.69) is 42.2 Å². The van der Waals surface area contributed by atoms with E-state index in [1.807, 2.05) is 24.4 Å². The van der Waals surface area contributed by atoms with Crippen LogP contribution < -0.4 is 0 Å². The number of nitrogens with zero attached hydrogens (tertiary/aromatic N) is 3. The van der Waals surface area contributed by atoms with Gasteiger partial charge in [-0.05, 0) is 25.0 Å². The number of pyridine rings is 1. The Morgan fingerprint density at radius 2 is 1.64 bits per heavy atom. The van der Waals surface area contributed by atoms with Crippen LogP contribution in [0.25, 0.3) is 11.5 Å². The quantitative estimate of drug-likeness (QED) is 0.435. The minimum absolute atomic E-state index is 0. The van der Waals surface area contributed by atoms with Crippen LogP contribution in [0.5, 0.6) is 0 Å². The Balaban J connectivity index is -0.000000626. The molecule has 2 rings (SSSR count). The summed E-state index contributed by atoms with van der Waals surface area (Å²) in [5.74, 6) is 0.583. The van der Waals surface area contributed by atoms with Gasteiger partial charge < -0.3 is 0 Å². The Bertz CT molecular complexity index is 557. The fourth-order valence-electron chi connectivity index (χ4n) is 1.74. The summed E-state index contributed by atoms with van der Waals surface area (Å²) in [7, 11) is 0. The summed E-state index contributed by atoms with van der Waals surface area (Å²) in [6.45, 7) is 15.7. The second kappa shape index (κ2) is 20.2. The van der Waals surface area contributed by atoms with E-state index >= 15 is 0 Å². The molecule has 0 bridgehead atoms. The third kappa shape index (κ3) is 11.4. The number of rotatable bonds is 5. The van der Waals surface area contributed by atoms with Crippen LogP contribution in [0.4, 0.5) is 0 Å². The van der Waals surface area contributed by atoms with Crippen molar-refractivity contribution in [2.75, 3.05) is 0 Å². The molecule has 6 nitrogen and oxygen atoms in total. The number of unbranched alkanes of at least 4 members (excludes halogenated alkanes) is 2. The van der Waals surface area contributed by atoms with E-state index in [0.717, 1.165) is 24.1 Å². The fraction of sp³-hybridized carbons (Fsp3) is 0.294. The Hall–Kier alpha value is -1.81. The maximum absolute atomic E-state index is 7.50. The van der Waals surface area contributed by atoms with Crippen molar-refractivity contribution in [1.29, 1.82) is 0 Å². The van der Waals surface area contributed by atoms with Gasteiger partial charge in [-0.1, -0.05) is 37.4 Å². The monoisotopic (exact) mass is 532 g/mol. The summed E-state index contributed by atoms with van der Waals surface area (Å²) in [6, 6.07) is 5.65. The molecule has 25 heavy (non-hydrogen) atoms. The molecule has 0 saturated carbocycles. The smallest absolute Gasteiger partial charge is 0.281 e. The SMILES string of the molecule is CCCCCc1cnc(-c2ccccn2)nc1Cl.[C]=O.[C]=O.[C]=O.[Re]. The largest absolute Gasteiger partial charge is 0.281 e. The first kappa shape index (κ1) is 28.0.